The van der Waals surface area contributed by atoms with E-state index < -0.39 is 18.6 Å². The molecule has 1 atom stereocenters. The van der Waals surface area contributed by atoms with Crippen LogP contribution in [0.4, 0.5) is 0 Å². The fraction of sp³-hybridized carbons (Fsp3) is 0.276. The molecule has 3 aromatic rings. The fourth-order valence-corrected chi connectivity index (χ4v) is 3.50. The molecule has 0 unspecified atom stereocenters. The van der Waals surface area contributed by atoms with E-state index >= 15 is 0 Å². The van der Waals surface area contributed by atoms with Gasteiger partial charge in [0, 0.05) is 17.5 Å². The van der Waals surface area contributed by atoms with Crippen LogP contribution in [0.15, 0.2) is 78.9 Å². The van der Waals surface area contributed by atoms with Gasteiger partial charge in [0.05, 0.1) is 7.11 Å². The second-order valence-electron chi connectivity index (χ2n) is 9.30. The molecule has 6 nitrogen and oxygen atoms in total. The zero-order valence-electron chi connectivity index (χ0n) is 20.5. The van der Waals surface area contributed by atoms with Crippen molar-refractivity contribution in [2.75, 3.05) is 13.7 Å². The molecule has 0 heterocycles. The minimum atomic E-state index is -0.948. The first-order chi connectivity index (χ1) is 16.7. The van der Waals surface area contributed by atoms with Crippen molar-refractivity contribution in [2.45, 2.75) is 38.6 Å². The van der Waals surface area contributed by atoms with Gasteiger partial charge in [0.25, 0.3) is 5.91 Å². The topological polar surface area (TPSA) is 81.7 Å². The van der Waals surface area contributed by atoms with Crippen LogP contribution in [0.3, 0.4) is 0 Å². The quantitative estimate of drug-likeness (QED) is 0.358. The first-order valence-corrected chi connectivity index (χ1v) is 11.5. The molecule has 3 rings (SSSR count). The second kappa shape index (κ2) is 11.5. The number of Topliss-reactive ketones (excluding diaryl/α,β-unsaturated/α-hetero) is 1. The summed E-state index contributed by atoms with van der Waals surface area (Å²) in [6.45, 7) is 5.87. The van der Waals surface area contributed by atoms with Crippen molar-refractivity contribution in [3.05, 3.63) is 101 Å². The van der Waals surface area contributed by atoms with Crippen molar-refractivity contribution in [3.8, 4) is 5.75 Å². The first kappa shape index (κ1) is 25.7. The van der Waals surface area contributed by atoms with E-state index in [0.29, 0.717) is 16.9 Å². The van der Waals surface area contributed by atoms with Crippen molar-refractivity contribution >= 4 is 17.7 Å². The number of amides is 1. The van der Waals surface area contributed by atoms with Crippen LogP contribution < -0.4 is 10.1 Å². The maximum absolute atomic E-state index is 12.9. The Bertz CT molecular complexity index is 1150. The smallest absolute Gasteiger partial charge is 0.329 e. The van der Waals surface area contributed by atoms with Gasteiger partial charge in [-0.2, -0.15) is 0 Å². The third-order valence-corrected chi connectivity index (χ3v) is 5.64. The normalized spacial score (nSPS) is 11.9. The molecular formula is C29H31NO5. The number of hydrogen-bond donors (Lipinski definition) is 1. The summed E-state index contributed by atoms with van der Waals surface area (Å²) in [5.74, 6) is -0.775. The lowest BCUT2D eigenvalue weighted by Crippen LogP contribution is -2.43. The highest BCUT2D eigenvalue weighted by Gasteiger charge is 2.25. The standard InChI is InChI=1S/C29H31NO5/c1-29(2,3)23-14-10-22(11-15-23)27(32)30-25(18-20-8-6-5-7-9-20)28(33)35-19-26(31)21-12-16-24(34-4)17-13-21/h5-17,25H,18-19H2,1-4H3,(H,30,32)/t25-/m0/s1. The molecule has 182 valence electrons. The highest BCUT2D eigenvalue weighted by atomic mass is 16.5. The van der Waals surface area contributed by atoms with Crippen molar-refractivity contribution in [3.63, 3.8) is 0 Å². The van der Waals surface area contributed by atoms with Gasteiger partial charge in [0.15, 0.2) is 12.4 Å². The number of carbonyl (C=O) groups excluding carboxylic acids is 3. The Kier molecular flexibility index (Phi) is 8.42. The number of methoxy groups -OCH3 is 1. The van der Waals surface area contributed by atoms with Gasteiger partial charge < -0.3 is 14.8 Å². The minimum absolute atomic E-state index is 0.0366. The number of nitrogens with one attached hydrogen (secondary N) is 1. The van der Waals surface area contributed by atoms with Gasteiger partial charge in [-0.15, -0.1) is 0 Å². The summed E-state index contributed by atoms with van der Waals surface area (Å²) in [6, 6.07) is 22.2. The third-order valence-electron chi connectivity index (χ3n) is 5.64. The lowest BCUT2D eigenvalue weighted by molar-refractivity contribution is -0.144. The highest BCUT2D eigenvalue weighted by Crippen LogP contribution is 2.22. The lowest BCUT2D eigenvalue weighted by Gasteiger charge is -2.20. The number of rotatable bonds is 9. The molecule has 0 saturated heterocycles. The molecule has 0 bridgehead atoms. The molecule has 6 heteroatoms. The maximum Gasteiger partial charge on any atom is 0.329 e. The summed E-state index contributed by atoms with van der Waals surface area (Å²) in [5, 5.41) is 2.78. The lowest BCUT2D eigenvalue weighted by atomic mass is 9.86. The molecule has 3 aromatic carbocycles. The molecule has 0 fully saturated rings. The van der Waals surface area contributed by atoms with Crippen LogP contribution in [0.2, 0.25) is 0 Å². The van der Waals surface area contributed by atoms with Crippen molar-refractivity contribution in [2.24, 2.45) is 0 Å². The van der Waals surface area contributed by atoms with Crippen molar-refractivity contribution in [1.82, 2.24) is 5.32 Å². The maximum atomic E-state index is 12.9. The Morgan fingerprint density at radius 1 is 0.829 bits per heavy atom. The summed E-state index contributed by atoms with van der Waals surface area (Å²) in [6.07, 6.45) is 0.238. The van der Waals surface area contributed by atoms with E-state index in [1.165, 1.54) is 0 Å². The number of carbonyl (C=O) groups is 3. The van der Waals surface area contributed by atoms with Gasteiger partial charge in [0.1, 0.15) is 11.8 Å². The zero-order chi connectivity index (χ0) is 25.4. The van der Waals surface area contributed by atoms with E-state index in [1.54, 1.807) is 43.5 Å². The summed E-state index contributed by atoms with van der Waals surface area (Å²) in [4.78, 5) is 38.3. The molecular weight excluding hydrogens is 442 g/mol. The van der Waals surface area contributed by atoms with Crippen LogP contribution in [0, 0.1) is 0 Å². The second-order valence-corrected chi connectivity index (χ2v) is 9.30. The average Bonchev–Trinajstić information content (AvgIpc) is 2.86. The number of esters is 1. The first-order valence-electron chi connectivity index (χ1n) is 11.5. The van der Waals surface area contributed by atoms with Crippen LogP contribution in [0.5, 0.6) is 5.75 Å². The Hall–Kier alpha value is -3.93. The molecule has 0 aliphatic carbocycles. The predicted octanol–water partition coefficient (Wildman–Crippen LogP) is 4.76. The van der Waals surface area contributed by atoms with Gasteiger partial charge in [-0.05, 0) is 52.9 Å². The average molecular weight is 474 g/mol. The van der Waals surface area contributed by atoms with E-state index in [0.717, 1.165) is 11.1 Å². The number of hydrogen-bond acceptors (Lipinski definition) is 5. The van der Waals surface area contributed by atoms with E-state index in [4.69, 9.17) is 9.47 Å². The molecule has 0 aliphatic heterocycles. The van der Waals surface area contributed by atoms with Crippen molar-refractivity contribution in [1.29, 1.82) is 0 Å². The summed E-state index contributed by atoms with van der Waals surface area (Å²) < 4.78 is 10.4. The Morgan fingerprint density at radius 2 is 1.43 bits per heavy atom. The molecule has 1 amide bonds. The zero-order valence-corrected chi connectivity index (χ0v) is 20.5. The monoisotopic (exact) mass is 473 g/mol. The number of ketones is 1. The molecule has 1 N–H and O–H groups in total. The molecule has 0 aromatic heterocycles. The van der Waals surface area contributed by atoms with Gasteiger partial charge in [-0.3, -0.25) is 9.59 Å². The Balaban J connectivity index is 1.70. The Morgan fingerprint density at radius 3 is 2.00 bits per heavy atom. The highest BCUT2D eigenvalue weighted by molar-refractivity contribution is 5.99. The number of benzene rings is 3. The largest absolute Gasteiger partial charge is 0.497 e. The fourth-order valence-electron chi connectivity index (χ4n) is 3.50. The van der Waals surface area contributed by atoms with Gasteiger partial charge in [-0.1, -0.05) is 63.2 Å². The van der Waals surface area contributed by atoms with E-state index in [-0.39, 0.29) is 23.5 Å². The van der Waals surface area contributed by atoms with Gasteiger partial charge in [0.2, 0.25) is 0 Å². The van der Waals surface area contributed by atoms with Crippen LogP contribution in [-0.2, 0) is 21.4 Å². The minimum Gasteiger partial charge on any atom is -0.497 e. The molecule has 0 aliphatic rings. The molecule has 0 radical (unpaired) electrons. The molecule has 0 saturated carbocycles. The van der Waals surface area contributed by atoms with Gasteiger partial charge >= 0.3 is 5.97 Å². The third kappa shape index (κ3) is 7.27. The predicted molar refractivity (Wildman–Crippen MR) is 135 cm³/mol. The molecule has 35 heavy (non-hydrogen) atoms. The van der Waals surface area contributed by atoms with E-state index in [9.17, 15) is 14.4 Å². The van der Waals surface area contributed by atoms with Crippen LogP contribution in [0.1, 0.15) is 52.6 Å². The van der Waals surface area contributed by atoms with Crippen LogP contribution >= 0.6 is 0 Å². The summed E-state index contributed by atoms with van der Waals surface area (Å²) in [5.41, 5.74) is 2.77. The summed E-state index contributed by atoms with van der Waals surface area (Å²) in [7, 11) is 1.54. The molecule has 0 spiro atoms. The van der Waals surface area contributed by atoms with Gasteiger partial charge in [-0.25, -0.2) is 4.79 Å². The number of ether oxygens (including phenoxy) is 2. The SMILES string of the molecule is COc1ccc(C(=O)COC(=O)[C@H](Cc2ccccc2)NC(=O)c2ccc(C(C)(C)C)cc2)cc1. The van der Waals surface area contributed by atoms with E-state index in [1.807, 2.05) is 42.5 Å². The van der Waals surface area contributed by atoms with Crippen LogP contribution in [0.25, 0.3) is 0 Å². The van der Waals surface area contributed by atoms with Crippen LogP contribution in [-0.4, -0.2) is 37.4 Å². The Labute approximate surface area is 206 Å². The van der Waals surface area contributed by atoms with E-state index in [2.05, 4.69) is 26.1 Å². The summed E-state index contributed by atoms with van der Waals surface area (Å²) >= 11 is 0. The van der Waals surface area contributed by atoms with Crippen molar-refractivity contribution < 1.29 is 23.9 Å².